The summed E-state index contributed by atoms with van der Waals surface area (Å²) in [5.41, 5.74) is 10.8. The van der Waals surface area contributed by atoms with Crippen molar-refractivity contribution in [1.82, 2.24) is 28.7 Å². The Hall–Kier alpha value is -7.83. The molecule has 0 saturated carbocycles. The molecule has 0 aliphatic carbocycles. The number of para-hydroxylation sites is 5. The standard InChI is InChI=1S/C51H32N6/c1-3-15-33(16-4-1)49-52-50(34-27-29-36(30-28-34)55-42-23-11-7-19-37(42)38-20-8-12-24-43(38)55)54-51(53-49)57-45-26-14-10-22-41(45)47-46(57)32-31-40-39-21-9-13-25-44(39)56(48(40)47)35-17-5-2-6-18-35/h1-32H. The third-order valence-corrected chi connectivity index (χ3v) is 11.3. The van der Waals surface area contributed by atoms with Gasteiger partial charge >= 0.3 is 0 Å². The third kappa shape index (κ3) is 4.74. The van der Waals surface area contributed by atoms with E-state index in [0.29, 0.717) is 17.6 Å². The molecule has 4 aromatic heterocycles. The van der Waals surface area contributed by atoms with Gasteiger partial charge in [-0.05, 0) is 66.7 Å². The summed E-state index contributed by atoms with van der Waals surface area (Å²) in [6.45, 7) is 0. The maximum absolute atomic E-state index is 5.29. The molecule has 0 amide bonds. The first-order chi connectivity index (χ1) is 28.3. The fraction of sp³-hybridized carbons (Fsp3) is 0. The van der Waals surface area contributed by atoms with Crippen LogP contribution in [0.3, 0.4) is 0 Å². The summed E-state index contributed by atoms with van der Waals surface area (Å²) >= 11 is 0. The molecule has 57 heavy (non-hydrogen) atoms. The molecule has 0 bridgehead atoms. The van der Waals surface area contributed by atoms with Gasteiger partial charge in [-0.3, -0.25) is 4.57 Å². The zero-order valence-electron chi connectivity index (χ0n) is 30.7. The summed E-state index contributed by atoms with van der Waals surface area (Å²) in [5, 5.41) is 7.18. The van der Waals surface area contributed by atoms with Crippen molar-refractivity contribution in [2.24, 2.45) is 0 Å². The van der Waals surface area contributed by atoms with Crippen molar-refractivity contribution >= 4 is 65.4 Å². The number of rotatable bonds is 5. The first kappa shape index (κ1) is 31.5. The maximum atomic E-state index is 5.29. The summed E-state index contributed by atoms with van der Waals surface area (Å²) in [6, 6.07) is 68.3. The Labute approximate surface area is 327 Å². The normalized spacial score (nSPS) is 11.9. The average Bonchev–Trinajstić information content (AvgIpc) is 3.93. The molecular weight excluding hydrogens is 697 g/mol. The first-order valence-corrected chi connectivity index (χ1v) is 19.2. The van der Waals surface area contributed by atoms with E-state index in [1.165, 1.54) is 38.1 Å². The van der Waals surface area contributed by atoms with E-state index < -0.39 is 0 Å². The summed E-state index contributed by atoms with van der Waals surface area (Å²) in [4.78, 5) is 15.6. The number of nitrogens with zero attached hydrogens (tertiary/aromatic N) is 6. The van der Waals surface area contributed by atoms with Crippen molar-refractivity contribution in [3.8, 4) is 40.1 Å². The molecule has 0 saturated heterocycles. The number of hydrogen-bond donors (Lipinski definition) is 0. The minimum absolute atomic E-state index is 0.568. The molecule has 8 aromatic carbocycles. The monoisotopic (exact) mass is 728 g/mol. The number of hydrogen-bond acceptors (Lipinski definition) is 3. The van der Waals surface area contributed by atoms with Crippen LogP contribution in [0, 0.1) is 0 Å². The van der Waals surface area contributed by atoms with Crippen LogP contribution in [0.15, 0.2) is 194 Å². The zero-order chi connectivity index (χ0) is 37.5. The lowest BCUT2D eigenvalue weighted by Gasteiger charge is -2.12. The van der Waals surface area contributed by atoms with Crippen LogP contribution in [0.2, 0.25) is 0 Å². The molecule has 4 heterocycles. The van der Waals surface area contributed by atoms with Crippen molar-refractivity contribution in [3.63, 3.8) is 0 Å². The number of benzene rings is 8. The first-order valence-electron chi connectivity index (χ1n) is 19.2. The van der Waals surface area contributed by atoms with Crippen molar-refractivity contribution in [2.75, 3.05) is 0 Å². The second kappa shape index (κ2) is 12.3. The highest BCUT2D eigenvalue weighted by atomic mass is 15.2. The van der Waals surface area contributed by atoms with Crippen molar-refractivity contribution in [1.29, 1.82) is 0 Å². The van der Waals surface area contributed by atoms with Gasteiger partial charge in [-0.2, -0.15) is 9.97 Å². The molecule has 0 unspecified atom stereocenters. The zero-order valence-corrected chi connectivity index (χ0v) is 30.7. The summed E-state index contributed by atoms with van der Waals surface area (Å²) in [5.74, 6) is 1.80. The van der Waals surface area contributed by atoms with Crippen LogP contribution >= 0.6 is 0 Å². The summed E-state index contributed by atoms with van der Waals surface area (Å²) in [6.07, 6.45) is 0. The molecule has 6 nitrogen and oxygen atoms in total. The van der Waals surface area contributed by atoms with Gasteiger partial charge in [-0.25, -0.2) is 4.98 Å². The molecule has 266 valence electrons. The average molecular weight is 729 g/mol. The van der Waals surface area contributed by atoms with Crippen LogP contribution in [0.5, 0.6) is 0 Å². The van der Waals surface area contributed by atoms with E-state index in [0.717, 1.165) is 49.8 Å². The van der Waals surface area contributed by atoms with Crippen LogP contribution in [0.1, 0.15) is 0 Å². The molecule has 0 aliphatic heterocycles. The van der Waals surface area contributed by atoms with E-state index in [4.69, 9.17) is 15.0 Å². The van der Waals surface area contributed by atoms with Crippen LogP contribution in [-0.2, 0) is 0 Å². The SMILES string of the molecule is c1ccc(-c2nc(-c3ccc(-n4c5ccccc5c5ccccc54)cc3)nc(-n3c4ccccc4c4c3ccc3c5ccccc5n(-c5ccccc5)c34)n2)cc1. The van der Waals surface area contributed by atoms with E-state index in [9.17, 15) is 0 Å². The largest absolute Gasteiger partial charge is 0.309 e. The predicted octanol–water partition coefficient (Wildman–Crippen LogP) is 12.5. The molecule has 0 aliphatic rings. The van der Waals surface area contributed by atoms with E-state index in [1.807, 2.05) is 18.2 Å². The number of aromatic nitrogens is 6. The van der Waals surface area contributed by atoms with Crippen molar-refractivity contribution in [3.05, 3.63) is 194 Å². The molecule has 12 rings (SSSR count). The highest BCUT2D eigenvalue weighted by molar-refractivity contribution is 6.26. The Morgan fingerprint density at radius 3 is 1.35 bits per heavy atom. The second-order valence-corrected chi connectivity index (χ2v) is 14.5. The molecule has 0 radical (unpaired) electrons. The Balaban J connectivity index is 1.10. The van der Waals surface area contributed by atoms with Crippen LogP contribution in [0.4, 0.5) is 0 Å². The van der Waals surface area contributed by atoms with Gasteiger partial charge < -0.3 is 9.13 Å². The van der Waals surface area contributed by atoms with Crippen molar-refractivity contribution in [2.45, 2.75) is 0 Å². The third-order valence-electron chi connectivity index (χ3n) is 11.3. The summed E-state index contributed by atoms with van der Waals surface area (Å²) in [7, 11) is 0. The fourth-order valence-electron chi connectivity index (χ4n) is 8.84. The molecule has 0 atom stereocenters. The van der Waals surface area contributed by atoms with E-state index in [2.05, 4.69) is 190 Å². The Morgan fingerprint density at radius 1 is 0.281 bits per heavy atom. The van der Waals surface area contributed by atoms with Gasteiger partial charge in [0.2, 0.25) is 5.95 Å². The maximum Gasteiger partial charge on any atom is 0.238 e. The topological polar surface area (TPSA) is 53.5 Å². The van der Waals surface area contributed by atoms with Gasteiger partial charge in [0.05, 0.1) is 33.1 Å². The summed E-state index contributed by atoms with van der Waals surface area (Å²) < 4.78 is 6.94. The second-order valence-electron chi connectivity index (χ2n) is 14.5. The Morgan fingerprint density at radius 2 is 0.737 bits per heavy atom. The molecular formula is C51H32N6. The fourth-order valence-corrected chi connectivity index (χ4v) is 8.84. The smallest absolute Gasteiger partial charge is 0.238 e. The van der Waals surface area contributed by atoms with Crippen LogP contribution in [-0.4, -0.2) is 28.7 Å². The minimum Gasteiger partial charge on any atom is -0.309 e. The Kier molecular flexibility index (Phi) is 6.83. The Bertz CT molecular complexity index is 3450. The van der Waals surface area contributed by atoms with Gasteiger partial charge in [0.25, 0.3) is 0 Å². The van der Waals surface area contributed by atoms with Gasteiger partial charge in [-0.1, -0.05) is 127 Å². The highest BCUT2D eigenvalue weighted by Gasteiger charge is 2.23. The lowest BCUT2D eigenvalue weighted by Crippen LogP contribution is -2.06. The molecule has 0 fully saturated rings. The van der Waals surface area contributed by atoms with Gasteiger partial charge in [0.1, 0.15) is 0 Å². The van der Waals surface area contributed by atoms with Crippen LogP contribution < -0.4 is 0 Å². The minimum atomic E-state index is 0.568. The molecule has 6 heteroatoms. The lowest BCUT2D eigenvalue weighted by molar-refractivity contribution is 0.953. The molecule has 0 N–H and O–H groups in total. The van der Waals surface area contributed by atoms with E-state index in [1.54, 1.807) is 0 Å². The molecule has 0 spiro atoms. The number of fused-ring (bicyclic) bond motifs is 10. The highest BCUT2D eigenvalue weighted by Crippen LogP contribution is 2.42. The van der Waals surface area contributed by atoms with Gasteiger partial charge in [0.15, 0.2) is 11.6 Å². The molecule has 12 aromatic rings. The lowest BCUT2D eigenvalue weighted by atomic mass is 10.1. The van der Waals surface area contributed by atoms with E-state index in [-0.39, 0.29) is 0 Å². The van der Waals surface area contributed by atoms with Crippen LogP contribution in [0.25, 0.3) is 106 Å². The van der Waals surface area contributed by atoms with E-state index >= 15 is 0 Å². The van der Waals surface area contributed by atoms with Gasteiger partial charge in [-0.15, -0.1) is 0 Å². The quantitative estimate of drug-likeness (QED) is 0.177. The predicted molar refractivity (Wildman–Crippen MR) is 234 cm³/mol. The van der Waals surface area contributed by atoms with Gasteiger partial charge in [0, 0.05) is 54.8 Å². The van der Waals surface area contributed by atoms with Crippen molar-refractivity contribution < 1.29 is 0 Å².